The maximum absolute atomic E-state index is 11.8. The summed E-state index contributed by atoms with van der Waals surface area (Å²) in [6, 6.07) is 0.672. The molecule has 3 atom stereocenters. The zero-order chi connectivity index (χ0) is 11.3. The van der Waals surface area contributed by atoms with E-state index in [0.717, 1.165) is 25.9 Å². The lowest BCUT2D eigenvalue weighted by Crippen LogP contribution is -2.59. The molecule has 0 aromatic rings. The van der Waals surface area contributed by atoms with Gasteiger partial charge < -0.3 is 16.0 Å². The summed E-state index contributed by atoms with van der Waals surface area (Å²) in [5.41, 5.74) is 0. The van der Waals surface area contributed by atoms with Crippen molar-refractivity contribution in [3.63, 3.8) is 0 Å². The first-order valence-corrected chi connectivity index (χ1v) is 5.90. The van der Waals surface area contributed by atoms with Gasteiger partial charge in [-0.25, -0.2) is 0 Å². The van der Waals surface area contributed by atoms with E-state index in [1.54, 1.807) is 0 Å². The summed E-state index contributed by atoms with van der Waals surface area (Å²) in [5.74, 6) is 0.121. The van der Waals surface area contributed by atoms with Crippen LogP contribution >= 0.6 is 0 Å². The fourth-order valence-electron chi connectivity index (χ4n) is 1.82. The predicted octanol–water partition coefficient (Wildman–Crippen LogP) is 0.241. The van der Waals surface area contributed by atoms with Gasteiger partial charge in [-0.3, -0.25) is 4.79 Å². The average Bonchev–Trinajstić information content (AvgIpc) is 2.18. The first-order chi connectivity index (χ1) is 7.13. The van der Waals surface area contributed by atoms with Gasteiger partial charge in [0.15, 0.2) is 0 Å². The number of carbonyl (C=O) groups is 1. The van der Waals surface area contributed by atoms with Crippen LogP contribution in [0.25, 0.3) is 0 Å². The highest BCUT2D eigenvalue weighted by Crippen LogP contribution is 1.98. The van der Waals surface area contributed by atoms with E-state index in [1.165, 1.54) is 0 Å². The minimum absolute atomic E-state index is 0.0690. The van der Waals surface area contributed by atoms with E-state index >= 15 is 0 Å². The molecule has 1 saturated heterocycles. The number of amides is 1. The quantitative estimate of drug-likeness (QED) is 0.627. The highest BCUT2D eigenvalue weighted by Gasteiger charge is 2.23. The number of hydrogen-bond donors (Lipinski definition) is 3. The summed E-state index contributed by atoms with van der Waals surface area (Å²) in [6.07, 6.45) is 2.15. The molecule has 0 aliphatic carbocycles. The Hall–Kier alpha value is -0.610. The second kappa shape index (κ2) is 6.08. The molecule has 0 saturated carbocycles. The highest BCUT2D eigenvalue weighted by atomic mass is 16.2. The molecule has 1 aliphatic rings. The van der Waals surface area contributed by atoms with E-state index in [2.05, 4.69) is 36.7 Å². The van der Waals surface area contributed by atoms with Crippen molar-refractivity contribution in [2.75, 3.05) is 13.1 Å². The third-order valence-corrected chi connectivity index (χ3v) is 2.77. The van der Waals surface area contributed by atoms with Crippen LogP contribution in [0.1, 0.15) is 33.6 Å². The van der Waals surface area contributed by atoms with Gasteiger partial charge in [0.2, 0.25) is 5.91 Å². The molecule has 4 heteroatoms. The highest BCUT2D eigenvalue weighted by molar-refractivity contribution is 5.82. The van der Waals surface area contributed by atoms with Crippen LogP contribution in [-0.4, -0.2) is 37.1 Å². The van der Waals surface area contributed by atoms with Crippen LogP contribution < -0.4 is 16.0 Å². The maximum Gasteiger partial charge on any atom is 0.238 e. The topological polar surface area (TPSA) is 53.2 Å². The van der Waals surface area contributed by atoms with Gasteiger partial charge >= 0.3 is 0 Å². The zero-order valence-corrected chi connectivity index (χ0v) is 9.97. The number of nitrogens with one attached hydrogen (secondary N) is 3. The summed E-state index contributed by atoms with van der Waals surface area (Å²) in [7, 11) is 0. The molecule has 0 aromatic heterocycles. The van der Waals surface area contributed by atoms with Crippen molar-refractivity contribution < 1.29 is 4.79 Å². The van der Waals surface area contributed by atoms with E-state index in [0.29, 0.717) is 6.04 Å². The maximum atomic E-state index is 11.8. The van der Waals surface area contributed by atoms with Crippen molar-refractivity contribution in [3.05, 3.63) is 0 Å². The van der Waals surface area contributed by atoms with E-state index in [4.69, 9.17) is 0 Å². The molecule has 1 rings (SSSR count). The monoisotopic (exact) mass is 213 g/mol. The van der Waals surface area contributed by atoms with Crippen LogP contribution in [0.2, 0.25) is 0 Å². The molecule has 15 heavy (non-hydrogen) atoms. The molecule has 1 heterocycles. The van der Waals surface area contributed by atoms with E-state index in [-0.39, 0.29) is 18.0 Å². The van der Waals surface area contributed by atoms with Crippen molar-refractivity contribution in [1.82, 2.24) is 16.0 Å². The summed E-state index contributed by atoms with van der Waals surface area (Å²) in [5, 5.41) is 9.56. The average molecular weight is 213 g/mol. The molecule has 4 nitrogen and oxygen atoms in total. The molecule has 0 spiro atoms. The molecule has 3 unspecified atom stereocenters. The molecule has 0 bridgehead atoms. The second-order valence-corrected chi connectivity index (χ2v) is 4.47. The largest absolute Gasteiger partial charge is 0.352 e. The van der Waals surface area contributed by atoms with Gasteiger partial charge in [-0.15, -0.1) is 0 Å². The first kappa shape index (κ1) is 12.5. The van der Waals surface area contributed by atoms with Crippen molar-refractivity contribution in [2.45, 2.75) is 51.7 Å². The number of piperazine rings is 1. The van der Waals surface area contributed by atoms with Crippen LogP contribution in [0.5, 0.6) is 0 Å². The van der Waals surface area contributed by atoms with Gasteiger partial charge in [0.1, 0.15) is 0 Å². The fourth-order valence-corrected chi connectivity index (χ4v) is 1.82. The Morgan fingerprint density at radius 3 is 2.73 bits per heavy atom. The lowest BCUT2D eigenvalue weighted by Gasteiger charge is -2.29. The Bertz CT molecular complexity index is 200. The predicted molar refractivity (Wildman–Crippen MR) is 61.8 cm³/mol. The number of carbonyl (C=O) groups excluding carboxylic acids is 1. The number of hydrogen-bond acceptors (Lipinski definition) is 3. The van der Waals surface area contributed by atoms with Crippen LogP contribution in [0.3, 0.4) is 0 Å². The lowest BCUT2D eigenvalue weighted by molar-refractivity contribution is -0.124. The van der Waals surface area contributed by atoms with E-state index in [1.807, 2.05) is 0 Å². The SMILES string of the molecule is CCCC(C)NC(=O)C1CNC(C)CN1. The molecule has 3 N–H and O–H groups in total. The molecule has 0 aromatic carbocycles. The Kier molecular flexibility index (Phi) is 5.05. The van der Waals surface area contributed by atoms with Gasteiger partial charge in [0.25, 0.3) is 0 Å². The standard InChI is InChI=1S/C11H23N3O/c1-4-5-8(2)14-11(15)10-7-12-9(3)6-13-10/h8-10,12-13H,4-7H2,1-3H3,(H,14,15). The van der Waals surface area contributed by atoms with Gasteiger partial charge in [-0.05, 0) is 20.3 Å². The molecule has 1 amide bonds. The third-order valence-electron chi connectivity index (χ3n) is 2.77. The zero-order valence-electron chi connectivity index (χ0n) is 9.97. The van der Waals surface area contributed by atoms with Crippen molar-refractivity contribution in [3.8, 4) is 0 Å². The van der Waals surface area contributed by atoms with E-state index < -0.39 is 0 Å². The van der Waals surface area contributed by atoms with E-state index in [9.17, 15) is 4.79 Å². The Morgan fingerprint density at radius 1 is 1.47 bits per heavy atom. The molecule has 88 valence electrons. The van der Waals surface area contributed by atoms with Crippen LogP contribution in [0.4, 0.5) is 0 Å². The first-order valence-electron chi connectivity index (χ1n) is 5.90. The Labute approximate surface area is 92.2 Å². The normalized spacial score (nSPS) is 28.5. The van der Waals surface area contributed by atoms with Crippen molar-refractivity contribution in [1.29, 1.82) is 0 Å². The molecular weight excluding hydrogens is 190 g/mol. The van der Waals surface area contributed by atoms with Gasteiger partial charge in [-0.1, -0.05) is 13.3 Å². The molecule has 0 radical (unpaired) electrons. The summed E-state index contributed by atoms with van der Waals surface area (Å²) in [4.78, 5) is 11.8. The Balaban J connectivity index is 2.27. The van der Waals surface area contributed by atoms with Gasteiger partial charge in [-0.2, -0.15) is 0 Å². The van der Waals surface area contributed by atoms with Crippen LogP contribution in [0, 0.1) is 0 Å². The van der Waals surface area contributed by atoms with Gasteiger partial charge in [0.05, 0.1) is 6.04 Å². The van der Waals surface area contributed by atoms with Crippen molar-refractivity contribution >= 4 is 5.91 Å². The molecular formula is C11H23N3O. The summed E-state index contributed by atoms with van der Waals surface area (Å²) in [6.45, 7) is 7.89. The van der Waals surface area contributed by atoms with Gasteiger partial charge in [0, 0.05) is 25.2 Å². The smallest absolute Gasteiger partial charge is 0.238 e. The number of rotatable bonds is 4. The van der Waals surface area contributed by atoms with Crippen molar-refractivity contribution in [2.24, 2.45) is 0 Å². The molecule has 1 fully saturated rings. The molecule has 1 aliphatic heterocycles. The summed E-state index contributed by atoms with van der Waals surface area (Å²) < 4.78 is 0. The Morgan fingerprint density at radius 2 is 2.20 bits per heavy atom. The lowest BCUT2D eigenvalue weighted by atomic mass is 10.1. The second-order valence-electron chi connectivity index (χ2n) is 4.47. The third kappa shape index (κ3) is 4.18. The van der Waals surface area contributed by atoms with Crippen LogP contribution in [0.15, 0.2) is 0 Å². The minimum Gasteiger partial charge on any atom is -0.352 e. The minimum atomic E-state index is -0.0690. The summed E-state index contributed by atoms with van der Waals surface area (Å²) >= 11 is 0. The fraction of sp³-hybridized carbons (Fsp3) is 0.909. The van der Waals surface area contributed by atoms with Crippen LogP contribution in [-0.2, 0) is 4.79 Å².